The van der Waals surface area contributed by atoms with E-state index in [1.165, 1.54) is 5.56 Å². The van der Waals surface area contributed by atoms with Crippen molar-refractivity contribution in [3.63, 3.8) is 0 Å². The fourth-order valence-corrected chi connectivity index (χ4v) is 3.49. The number of rotatable bonds is 7. The minimum Gasteiger partial charge on any atom is -0.493 e. The summed E-state index contributed by atoms with van der Waals surface area (Å²) in [5, 5.41) is 0.686. The van der Waals surface area contributed by atoms with Gasteiger partial charge < -0.3 is 9.47 Å². The number of hydrogen-bond acceptors (Lipinski definition) is 3. The second-order valence-electron chi connectivity index (χ2n) is 6.23. The molecule has 144 valence electrons. The lowest BCUT2D eigenvalue weighted by Crippen LogP contribution is -1.99. The quantitative estimate of drug-likeness (QED) is 0.357. The Morgan fingerprint density at radius 3 is 2.50 bits per heavy atom. The van der Waals surface area contributed by atoms with Gasteiger partial charge >= 0.3 is 0 Å². The van der Waals surface area contributed by atoms with E-state index in [0.717, 1.165) is 27.7 Å². The summed E-state index contributed by atoms with van der Waals surface area (Å²) < 4.78 is 12.3. The van der Waals surface area contributed by atoms with E-state index in [0.29, 0.717) is 23.1 Å². The highest BCUT2D eigenvalue weighted by Crippen LogP contribution is 2.37. The maximum absolute atomic E-state index is 6.04. The summed E-state index contributed by atoms with van der Waals surface area (Å²) in [5.74, 6) is 1.28. The Morgan fingerprint density at radius 1 is 1.04 bits per heavy atom. The van der Waals surface area contributed by atoms with Crippen LogP contribution in [0.1, 0.15) is 23.6 Å². The molecule has 3 rings (SSSR count). The maximum atomic E-state index is 6.04. The van der Waals surface area contributed by atoms with Crippen molar-refractivity contribution in [2.75, 3.05) is 7.11 Å². The molecule has 0 heterocycles. The number of nitrogens with zero attached hydrogens (tertiary/aromatic N) is 1. The van der Waals surface area contributed by atoms with Crippen LogP contribution in [0.2, 0.25) is 5.02 Å². The molecule has 3 aromatic carbocycles. The van der Waals surface area contributed by atoms with Crippen molar-refractivity contribution in [2.24, 2.45) is 4.99 Å². The predicted octanol–water partition coefficient (Wildman–Crippen LogP) is 7.00. The van der Waals surface area contributed by atoms with Gasteiger partial charge in [-0.2, -0.15) is 0 Å². The van der Waals surface area contributed by atoms with Gasteiger partial charge in [-0.3, -0.25) is 4.99 Å². The average molecular weight is 459 g/mol. The second kappa shape index (κ2) is 9.76. The van der Waals surface area contributed by atoms with Gasteiger partial charge in [0.05, 0.1) is 17.3 Å². The molecule has 0 spiro atoms. The predicted molar refractivity (Wildman–Crippen MR) is 120 cm³/mol. The zero-order chi connectivity index (χ0) is 19.9. The Morgan fingerprint density at radius 2 is 1.82 bits per heavy atom. The summed E-state index contributed by atoms with van der Waals surface area (Å²) in [4.78, 5) is 4.54. The third-order valence-electron chi connectivity index (χ3n) is 4.23. The SMILES string of the molecule is CCc1ccc(N=Cc2cc(Br)c(OCc3cccc(Cl)c3)c(OC)c2)cc1. The normalized spacial score (nSPS) is 11.0. The molecule has 0 N–H and O–H groups in total. The molecule has 0 fully saturated rings. The Balaban J connectivity index is 1.77. The van der Waals surface area contributed by atoms with E-state index in [9.17, 15) is 0 Å². The van der Waals surface area contributed by atoms with Gasteiger partial charge in [-0.15, -0.1) is 0 Å². The lowest BCUT2D eigenvalue weighted by molar-refractivity contribution is 0.282. The van der Waals surface area contributed by atoms with Crippen molar-refractivity contribution in [3.05, 3.63) is 86.8 Å². The van der Waals surface area contributed by atoms with E-state index in [1.807, 2.05) is 54.7 Å². The van der Waals surface area contributed by atoms with Crippen LogP contribution in [-0.2, 0) is 13.0 Å². The van der Waals surface area contributed by atoms with Crippen LogP contribution in [0.15, 0.2) is 70.1 Å². The number of benzene rings is 3. The van der Waals surface area contributed by atoms with Crippen LogP contribution < -0.4 is 9.47 Å². The molecule has 0 aromatic heterocycles. The molecule has 0 aliphatic rings. The van der Waals surface area contributed by atoms with Crippen molar-refractivity contribution in [2.45, 2.75) is 20.0 Å². The molecule has 3 aromatic rings. The van der Waals surface area contributed by atoms with Gasteiger partial charge in [0.2, 0.25) is 0 Å². The first-order valence-corrected chi connectivity index (χ1v) is 10.1. The molecule has 0 aliphatic carbocycles. The highest BCUT2D eigenvalue weighted by Gasteiger charge is 2.11. The van der Waals surface area contributed by atoms with E-state index in [1.54, 1.807) is 7.11 Å². The molecule has 0 saturated heterocycles. The van der Waals surface area contributed by atoms with E-state index in [4.69, 9.17) is 21.1 Å². The second-order valence-corrected chi connectivity index (χ2v) is 7.52. The van der Waals surface area contributed by atoms with E-state index < -0.39 is 0 Å². The molecule has 0 unspecified atom stereocenters. The lowest BCUT2D eigenvalue weighted by atomic mass is 10.1. The lowest BCUT2D eigenvalue weighted by Gasteiger charge is -2.13. The molecule has 5 heteroatoms. The van der Waals surface area contributed by atoms with Crippen LogP contribution in [0.4, 0.5) is 5.69 Å². The summed E-state index contributed by atoms with van der Waals surface area (Å²) in [7, 11) is 1.62. The van der Waals surface area contributed by atoms with Crippen LogP contribution >= 0.6 is 27.5 Å². The van der Waals surface area contributed by atoms with Crippen LogP contribution in [0.3, 0.4) is 0 Å². The molecule has 0 bridgehead atoms. The number of halogens is 2. The van der Waals surface area contributed by atoms with Crippen molar-refractivity contribution < 1.29 is 9.47 Å². The standard InChI is InChI=1S/C23H21BrClNO2/c1-3-16-7-9-20(10-8-16)26-14-18-12-21(24)23(22(13-18)27-2)28-15-17-5-4-6-19(25)11-17/h4-14H,3,15H2,1-2H3. The maximum Gasteiger partial charge on any atom is 0.175 e. The molecule has 0 radical (unpaired) electrons. The van der Waals surface area contributed by atoms with Crippen LogP contribution in [0.5, 0.6) is 11.5 Å². The highest BCUT2D eigenvalue weighted by atomic mass is 79.9. The Kier molecular flexibility index (Phi) is 7.12. The molecule has 0 aliphatic heterocycles. The first kappa shape index (κ1) is 20.4. The highest BCUT2D eigenvalue weighted by molar-refractivity contribution is 9.10. The number of hydrogen-bond donors (Lipinski definition) is 0. The third kappa shape index (κ3) is 5.37. The fourth-order valence-electron chi connectivity index (χ4n) is 2.70. The van der Waals surface area contributed by atoms with Crippen LogP contribution in [-0.4, -0.2) is 13.3 Å². The fraction of sp³-hybridized carbons (Fsp3) is 0.174. The molecular formula is C23H21BrClNO2. The van der Waals surface area contributed by atoms with Crippen molar-refractivity contribution in [3.8, 4) is 11.5 Å². The summed E-state index contributed by atoms with van der Waals surface area (Å²) in [6.07, 6.45) is 2.83. The number of aryl methyl sites for hydroxylation is 1. The zero-order valence-corrected chi connectivity index (χ0v) is 18.1. The van der Waals surface area contributed by atoms with E-state index in [2.05, 4.69) is 40.0 Å². The van der Waals surface area contributed by atoms with Gasteiger partial charge in [-0.05, 0) is 75.4 Å². The monoisotopic (exact) mass is 457 g/mol. The van der Waals surface area contributed by atoms with Gasteiger partial charge in [0, 0.05) is 11.2 Å². The topological polar surface area (TPSA) is 30.8 Å². The van der Waals surface area contributed by atoms with Crippen molar-refractivity contribution >= 4 is 39.4 Å². The largest absolute Gasteiger partial charge is 0.493 e. The molecule has 0 amide bonds. The smallest absolute Gasteiger partial charge is 0.175 e. The number of ether oxygens (including phenoxy) is 2. The van der Waals surface area contributed by atoms with Crippen molar-refractivity contribution in [1.82, 2.24) is 0 Å². The molecule has 0 saturated carbocycles. The van der Waals surface area contributed by atoms with Crippen LogP contribution in [0.25, 0.3) is 0 Å². The summed E-state index contributed by atoms with van der Waals surface area (Å²) >= 11 is 9.61. The molecule has 28 heavy (non-hydrogen) atoms. The van der Waals surface area contributed by atoms with Gasteiger partial charge in [-0.1, -0.05) is 42.8 Å². The van der Waals surface area contributed by atoms with Crippen molar-refractivity contribution in [1.29, 1.82) is 0 Å². The van der Waals surface area contributed by atoms with Gasteiger partial charge in [0.25, 0.3) is 0 Å². The zero-order valence-electron chi connectivity index (χ0n) is 15.8. The Bertz CT molecular complexity index is 971. The van der Waals surface area contributed by atoms with E-state index >= 15 is 0 Å². The summed E-state index contributed by atoms with van der Waals surface area (Å²) in [6, 6.07) is 19.7. The summed E-state index contributed by atoms with van der Waals surface area (Å²) in [5.41, 5.74) is 4.11. The average Bonchev–Trinajstić information content (AvgIpc) is 2.71. The van der Waals surface area contributed by atoms with Gasteiger partial charge in [0.15, 0.2) is 11.5 Å². The summed E-state index contributed by atoms with van der Waals surface area (Å²) in [6.45, 7) is 2.53. The number of methoxy groups -OCH3 is 1. The van der Waals surface area contributed by atoms with Gasteiger partial charge in [-0.25, -0.2) is 0 Å². The first-order valence-electron chi connectivity index (χ1n) is 8.97. The molecule has 3 nitrogen and oxygen atoms in total. The first-order chi connectivity index (χ1) is 13.6. The van der Waals surface area contributed by atoms with Gasteiger partial charge in [0.1, 0.15) is 6.61 Å². The number of aliphatic imine (C=N–C) groups is 1. The minimum absolute atomic E-state index is 0.396. The Labute approximate surface area is 179 Å². The Hall–Kier alpha value is -2.30. The molecular weight excluding hydrogens is 438 g/mol. The molecule has 0 atom stereocenters. The minimum atomic E-state index is 0.396. The van der Waals surface area contributed by atoms with E-state index in [-0.39, 0.29) is 0 Å². The third-order valence-corrected chi connectivity index (χ3v) is 5.06. The van der Waals surface area contributed by atoms with Crippen LogP contribution in [0, 0.1) is 0 Å².